The van der Waals surface area contributed by atoms with E-state index in [4.69, 9.17) is 0 Å². The van der Waals surface area contributed by atoms with Gasteiger partial charge in [-0.25, -0.2) is 9.37 Å². The molecule has 4 nitrogen and oxygen atoms in total. The minimum absolute atomic E-state index is 0.171. The van der Waals surface area contributed by atoms with Crippen LogP contribution < -0.4 is 10.6 Å². The van der Waals surface area contributed by atoms with E-state index in [2.05, 4.69) is 47.7 Å². The Morgan fingerprint density at radius 2 is 1.65 bits per heavy atom. The molecule has 0 spiro atoms. The molecule has 0 radical (unpaired) electrons. The lowest BCUT2D eigenvalue weighted by Crippen LogP contribution is -2.15. The smallest absolute Gasteiger partial charge is 0.229 e. The normalized spacial score (nSPS) is 10.4. The van der Waals surface area contributed by atoms with E-state index in [9.17, 15) is 9.18 Å². The van der Waals surface area contributed by atoms with Crippen LogP contribution in [0.25, 0.3) is 0 Å². The fraction of sp³-hybridized carbons (Fsp3) is 0.143. The molecule has 3 rings (SSSR count). The summed E-state index contributed by atoms with van der Waals surface area (Å²) in [5, 5.41) is 6.04. The Labute approximate surface area is 152 Å². The number of benzene rings is 2. The second kappa shape index (κ2) is 7.78. The number of aromatic nitrogens is 1. The van der Waals surface area contributed by atoms with E-state index in [1.54, 1.807) is 24.4 Å². The van der Waals surface area contributed by atoms with Crippen LogP contribution in [0.4, 0.5) is 21.6 Å². The molecule has 0 unspecified atom stereocenters. The van der Waals surface area contributed by atoms with E-state index in [1.807, 2.05) is 6.07 Å². The van der Waals surface area contributed by atoms with Crippen LogP contribution in [0.5, 0.6) is 0 Å². The summed E-state index contributed by atoms with van der Waals surface area (Å²) in [4.78, 5) is 16.3. The van der Waals surface area contributed by atoms with Crippen molar-refractivity contribution < 1.29 is 9.18 Å². The second-order valence-corrected chi connectivity index (χ2v) is 6.28. The van der Waals surface area contributed by atoms with Crippen molar-refractivity contribution in [3.8, 4) is 0 Å². The first-order chi connectivity index (χ1) is 12.5. The number of carbonyl (C=O) groups is 1. The lowest BCUT2D eigenvalue weighted by molar-refractivity contribution is -0.115. The van der Waals surface area contributed by atoms with Crippen LogP contribution in [0.2, 0.25) is 0 Å². The van der Waals surface area contributed by atoms with E-state index in [0.29, 0.717) is 5.82 Å². The van der Waals surface area contributed by atoms with Crippen molar-refractivity contribution in [1.29, 1.82) is 0 Å². The zero-order chi connectivity index (χ0) is 18.5. The van der Waals surface area contributed by atoms with Gasteiger partial charge in [0.1, 0.15) is 11.6 Å². The molecule has 0 aliphatic heterocycles. The van der Waals surface area contributed by atoms with Gasteiger partial charge in [0.05, 0.1) is 18.3 Å². The number of anilines is 3. The van der Waals surface area contributed by atoms with Crippen molar-refractivity contribution in [2.75, 3.05) is 10.6 Å². The van der Waals surface area contributed by atoms with Gasteiger partial charge >= 0.3 is 0 Å². The summed E-state index contributed by atoms with van der Waals surface area (Å²) in [7, 11) is 0. The van der Waals surface area contributed by atoms with E-state index in [0.717, 1.165) is 16.9 Å². The highest BCUT2D eigenvalue weighted by Gasteiger charge is 2.06. The summed E-state index contributed by atoms with van der Waals surface area (Å²) in [5.74, 6) is -0.0371. The van der Waals surface area contributed by atoms with Crippen LogP contribution in [-0.4, -0.2) is 10.9 Å². The first-order valence-electron chi connectivity index (χ1n) is 8.33. The molecular weight excluding hydrogens is 329 g/mol. The third-order valence-electron chi connectivity index (χ3n) is 3.82. The Bertz CT molecular complexity index is 885. The molecule has 3 aromatic rings. The van der Waals surface area contributed by atoms with Crippen molar-refractivity contribution in [3.63, 3.8) is 0 Å². The maximum absolute atomic E-state index is 12.9. The first kappa shape index (κ1) is 17.6. The highest BCUT2D eigenvalue weighted by Crippen LogP contribution is 2.20. The number of hydrogen-bond donors (Lipinski definition) is 2. The SMILES string of the molecule is Cc1cc(C)cc(Nc2ccc(NC(=O)Cc3ccc(F)cc3)nc2)c1. The number of pyridine rings is 1. The number of nitrogens with zero attached hydrogens (tertiary/aromatic N) is 1. The molecule has 0 atom stereocenters. The highest BCUT2D eigenvalue weighted by molar-refractivity contribution is 5.91. The molecule has 26 heavy (non-hydrogen) atoms. The average Bonchev–Trinajstić information content (AvgIpc) is 2.58. The Morgan fingerprint density at radius 1 is 0.962 bits per heavy atom. The number of aryl methyl sites for hydroxylation is 2. The molecule has 0 fully saturated rings. The Hall–Kier alpha value is -3.21. The quantitative estimate of drug-likeness (QED) is 0.698. The van der Waals surface area contributed by atoms with E-state index < -0.39 is 0 Å². The number of hydrogen-bond acceptors (Lipinski definition) is 3. The van der Waals surface area contributed by atoms with Crippen LogP contribution in [0.1, 0.15) is 16.7 Å². The third kappa shape index (κ3) is 4.89. The van der Waals surface area contributed by atoms with Crippen molar-refractivity contribution in [2.45, 2.75) is 20.3 Å². The fourth-order valence-corrected chi connectivity index (χ4v) is 2.73. The van der Waals surface area contributed by atoms with Gasteiger partial charge < -0.3 is 10.6 Å². The van der Waals surface area contributed by atoms with Gasteiger partial charge in [0, 0.05) is 5.69 Å². The minimum Gasteiger partial charge on any atom is -0.354 e. The zero-order valence-electron chi connectivity index (χ0n) is 14.7. The number of nitrogens with one attached hydrogen (secondary N) is 2. The zero-order valence-corrected chi connectivity index (χ0v) is 14.7. The molecule has 0 saturated carbocycles. The summed E-state index contributed by atoms with van der Waals surface area (Å²) in [6, 6.07) is 15.7. The standard InChI is InChI=1S/C21H20FN3O/c1-14-9-15(2)11-19(10-14)24-18-7-8-20(23-13-18)25-21(26)12-16-3-5-17(22)6-4-16/h3-11,13,24H,12H2,1-2H3,(H,23,25,26). The molecule has 1 aromatic heterocycles. The summed E-state index contributed by atoms with van der Waals surface area (Å²) in [6.45, 7) is 4.10. The lowest BCUT2D eigenvalue weighted by Gasteiger charge is -2.10. The van der Waals surface area contributed by atoms with Crippen molar-refractivity contribution in [2.24, 2.45) is 0 Å². The molecule has 0 aliphatic rings. The van der Waals surface area contributed by atoms with Gasteiger partial charge in [-0.1, -0.05) is 18.2 Å². The van der Waals surface area contributed by atoms with Crippen molar-refractivity contribution in [1.82, 2.24) is 4.98 Å². The summed E-state index contributed by atoms with van der Waals surface area (Å²) >= 11 is 0. The monoisotopic (exact) mass is 349 g/mol. The average molecular weight is 349 g/mol. The summed E-state index contributed by atoms with van der Waals surface area (Å²) in [6.07, 6.45) is 1.84. The van der Waals surface area contributed by atoms with Crippen LogP contribution >= 0.6 is 0 Å². The molecule has 1 amide bonds. The van der Waals surface area contributed by atoms with Gasteiger partial charge in [-0.05, 0) is 66.9 Å². The van der Waals surface area contributed by atoms with Gasteiger partial charge in [-0.3, -0.25) is 4.79 Å². The summed E-state index contributed by atoms with van der Waals surface area (Å²) < 4.78 is 12.9. The molecule has 2 N–H and O–H groups in total. The van der Waals surface area contributed by atoms with Crippen LogP contribution in [-0.2, 0) is 11.2 Å². The third-order valence-corrected chi connectivity index (χ3v) is 3.82. The Balaban J connectivity index is 1.60. The largest absolute Gasteiger partial charge is 0.354 e. The van der Waals surface area contributed by atoms with Gasteiger partial charge in [0.15, 0.2) is 0 Å². The molecular formula is C21H20FN3O. The molecule has 0 bridgehead atoms. The van der Waals surface area contributed by atoms with E-state index in [1.165, 1.54) is 23.3 Å². The Morgan fingerprint density at radius 3 is 2.27 bits per heavy atom. The predicted octanol–water partition coefficient (Wildman–Crippen LogP) is 4.76. The maximum atomic E-state index is 12.9. The molecule has 1 heterocycles. The summed E-state index contributed by atoms with van der Waals surface area (Å²) in [5.41, 5.74) is 4.95. The van der Waals surface area contributed by atoms with Gasteiger partial charge in [-0.15, -0.1) is 0 Å². The van der Waals surface area contributed by atoms with Crippen molar-refractivity contribution in [3.05, 3.63) is 83.3 Å². The van der Waals surface area contributed by atoms with Crippen LogP contribution in [0.3, 0.4) is 0 Å². The van der Waals surface area contributed by atoms with Gasteiger partial charge in [0.2, 0.25) is 5.91 Å². The van der Waals surface area contributed by atoms with Crippen LogP contribution in [0, 0.1) is 19.7 Å². The van der Waals surface area contributed by atoms with E-state index >= 15 is 0 Å². The van der Waals surface area contributed by atoms with Gasteiger partial charge in [-0.2, -0.15) is 0 Å². The maximum Gasteiger partial charge on any atom is 0.229 e. The first-order valence-corrected chi connectivity index (χ1v) is 8.33. The number of halogens is 1. The molecule has 5 heteroatoms. The van der Waals surface area contributed by atoms with Crippen molar-refractivity contribution >= 4 is 23.1 Å². The highest BCUT2D eigenvalue weighted by atomic mass is 19.1. The lowest BCUT2D eigenvalue weighted by atomic mass is 10.1. The topological polar surface area (TPSA) is 54.0 Å². The molecule has 0 saturated heterocycles. The minimum atomic E-state index is -0.317. The predicted molar refractivity (Wildman–Crippen MR) is 102 cm³/mol. The number of carbonyl (C=O) groups excluding carboxylic acids is 1. The second-order valence-electron chi connectivity index (χ2n) is 6.28. The number of amides is 1. The van der Waals surface area contributed by atoms with Gasteiger partial charge in [0.25, 0.3) is 0 Å². The molecule has 2 aromatic carbocycles. The fourth-order valence-electron chi connectivity index (χ4n) is 2.73. The number of rotatable bonds is 5. The molecule has 0 aliphatic carbocycles. The van der Waals surface area contributed by atoms with Crippen LogP contribution in [0.15, 0.2) is 60.8 Å². The molecule has 132 valence electrons. The Kier molecular flexibility index (Phi) is 5.27. The van der Waals surface area contributed by atoms with E-state index in [-0.39, 0.29) is 18.1 Å².